The fourth-order valence-corrected chi connectivity index (χ4v) is 1.82. The lowest BCUT2D eigenvalue weighted by atomic mass is 10.0. The molecular formula is C14H13F2N. The van der Waals surface area contributed by atoms with Gasteiger partial charge in [0.2, 0.25) is 0 Å². The molecule has 0 saturated carbocycles. The predicted molar refractivity (Wildman–Crippen MR) is 65.6 cm³/mol. The van der Waals surface area contributed by atoms with Crippen LogP contribution in [0.2, 0.25) is 0 Å². The number of halogens is 2. The van der Waals surface area contributed by atoms with Crippen LogP contribution >= 0.6 is 0 Å². The lowest BCUT2D eigenvalue weighted by Gasteiger charge is -2.07. The Morgan fingerprint density at radius 2 is 1.59 bits per heavy atom. The van der Waals surface area contributed by atoms with E-state index in [-0.39, 0.29) is 0 Å². The number of benzene rings is 2. The molecule has 0 spiro atoms. The molecule has 0 aliphatic heterocycles. The normalized spacial score (nSPS) is 10.5. The van der Waals surface area contributed by atoms with Gasteiger partial charge in [-0.25, -0.2) is 8.78 Å². The topological polar surface area (TPSA) is 26.0 Å². The average molecular weight is 233 g/mol. The second-order valence-electron chi connectivity index (χ2n) is 3.93. The maximum Gasteiger partial charge on any atom is 0.126 e. The van der Waals surface area contributed by atoms with Gasteiger partial charge in [-0.05, 0) is 41.3 Å². The maximum absolute atomic E-state index is 13.1. The van der Waals surface area contributed by atoms with Crippen LogP contribution in [0.1, 0.15) is 12.5 Å². The summed E-state index contributed by atoms with van der Waals surface area (Å²) >= 11 is 0. The number of aryl methyl sites for hydroxylation is 1. The second-order valence-corrected chi connectivity index (χ2v) is 3.93. The summed E-state index contributed by atoms with van der Waals surface area (Å²) in [6.07, 6.45) is 0.837. The first-order valence-corrected chi connectivity index (χ1v) is 5.45. The first-order chi connectivity index (χ1) is 8.10. The van der Waals surface area contributed by atoms with Crippen LogP contribution in [-0.2, 0) is 6.42 Å². The van der Waals surface area contributed by atoms with Crippen molar-refractivity contribution in [3.8, 4) is 11.1 Å². The minimum Gasteiger partial charge on any atom is -0.398 e. The molecule has 0 radical (unpaired) electrons. The fourth-order valence-electron chi connectivity index (χ4n) is 1.82. The standard InChI is InChI=1S/C14H13F2N/c1-2-9-3-4-10(7-14(9)17)11-5-12(15)8-13(16)6-11/h3-8H,2,17H2,1H3. The Labute approximate surface area is 98.9 Å². The lowest BCUT2D eigenvalue weighted by Crippen LogP contribution is -1.93. The summed E-state index contributed by atoms with van der Waals surface area (Å²) in [6.45, 7) is 2.01. The molecule has 0 amide bonds. The Hall–Kier alpha value is -1.90. The zero-order chi connectivity index (χ0) is 12.4. The highest BCUT2D eigenvalue weighted by Gasteiger charge is 2.05. The van der Waals surface area contributed by atoms with Crippen molar-refractivity contribution in [3.63, 3.8) is 0 Å². The highest BCUT2D eigenvalue weighted by Crippen LogP contribution is 2.25. The summed E-state index contributed by atoms with van der Waals surface area (Å²) in [4.78, 5) is 0. The Morgan fingerprint density at radius 3 is 2.12 bits per heavy atom. The molecule has 0 aliphatic carbocycles. The molecular weight excluding hydrogens is 220 g/mol. The molecule has 0 unspecified atom stereocenters. The van der Waals surface area contributed by atoms with Crippen LogP contribution < -0.4 is 5.73 Å². The van der Waals surface area contributed by atoms with Gasteiger partial charge in [0.15, 0.2) is 0 Å². The smallest absolute Gasteiger partial charge is 0.126 e. The Bertz CT molecular complexity index is 530. The molecule has 2 aromatic carbocycles. The minimum atomic E-state index is -0.585. The van der Waals surface area contributed by atoms with Gasteiger partial charge in [0, 0.05) is 11.8 Å². The largest absolute Gasteiger partial charge is 0.398 e. The SMILES string of the molecule is CCc1ccc(-c2cc(F)cc(F)c2)cc1N. The third kappa shape index (κ3) is 2.44. The molecule has 0 aromatic heterocycles. The number of rotatable bonds is 2. The molecule has 0 bridgehead atoms. The van der Waals surface area contributed by atoms with Gasteiger partial charge in [-0.3, -0.25) is 0 Å². The van der Waals surface area contributed by atoms with Crippen LogP contribution in [0.25, 0.3) is 11.1 Å². The average Bonchev–Trinajstić information content (AvgIpc) is 2.27. The van der Waals surface area contributed by atoms with E-state index in [1.807, 2.05) is 19.1 Å². The number of hydrogen-bond donors (Lipinski definition) is 1. The van der Waals surface area contributed by atoms with E-state index in [2.05, 4.69) is 0 Å². The Morgan fingerprint density at radius 1 is 0.941 bits per heavy atom. The lowest BCUT2D eigenvalue weighted by molar-refractivity contribution is 0.584. The number of anilines is 1. The fraction of sp³-hybridized carbons (Fsp3) is 0.143. The van der Waals surface area contributed by atoms with Crippen LogP contribution in [0.4, 0.5) is 14.5 Å². The summed E-state index contributed by atoms with van der Waals surface area (Å²) in [5.74, 6) is -1.17. The van der Waals surface area contributed by atoms with E-state index in [4.69, 9.17) is 5.73 Å². The van der Waals surface area contributed by atoms with Crippen LogP contribution in [0, 0.1) is 11.6 Å². The maximum atomic E-state index is 13.1. The van der Waals surface area contributed by atoms with Gasteiger partial charge >= 0.3 is 0 Å². The molecule has 3 heteroatoms. The van der Waals surface area contributed by atoms with Crippen molar-refractivity contribution in [2.75, 3.05) is 5.73 Å². The zero-order valence-electron chi connectivity index (χ0n) is 9.50. The zero-order valence-corrected chi connectivity index (χ0v) is 9.50. The van der Waals surface area contributed by atoms with E-state index in [1.54, 1.807) is 6.07 Å². The summed E-state index contributed by atoms with van der Waals surface area (Å²) in [7, 11) is 0. The molecule has 0 fully saturated rings. The highest BCUT2D eigenvalue weighted by molar-refractivity contribution is 5.69. The van der Waals surface area contributed by atoms with Gasteiger partial charge < -0.3 is 5.73 Å². The van der Waals surface area contributed by atoms with Crippen LogP contribution in [-0.4, -0.2) is 0 Å². The van der Waals surface area contributed by atoms with Crippen LogP contribution in [0.5, 0.6) is 0 Å². The molecule has 0 aliphatic rings. The molecule has 0 heterocycles. The number of hydrogen-bond acceptors (Lipinski definition) is 1. The van der Waals surface area contributed by atoms with Crippen molar-refractivity contribution in [2.24, 2.45) is 0 Å². The Kier molecular flexibility index (Phi) is 3.09. The van der Waals surface area contributed by atoms with E-state index >= 15 is 0 Å². The quantitative estimate of drug-likeness (QED) is 0.785. The van der Waals surface area contributed by atoms with Crippen molar-refractivity contribution in [2.45, 2.75) is 13.3 Å². The molecule has 17 heavy (non-hydrogen) atoms. The summed E-state index contributed by atoms with van der Waals surface area (Å²) in [5, 5.41) is 0. The van der Waals surface area contributed by atoms with E-state index in [0.29, 0.717) is 11.3 Å². The first kappa shape index (κ1) is 11.6. The van der Waals surface area contributed by atoms with Crippen LogP contribution in [0.15, 0.2) is 36.4 Å². The van der Waals surface area contributed by atoms with Gasteiger partial charge in [-0.2, -0.15) is 0 Å². The minimum absolute atomic E-state index is 0.497. The summed E-state index contributed by atoms with van der Waals surface area (Å²) < 4.78 is 26.2. The molecule has 0 atom stereocenters. The molecule has 2 aromatic rings. The van der Waals surface area contributed by atoms with Gasteiger partial charge in [0.05, 0.1) is 0 Å². The Balaban J connectivity index is 2.49. The third-order valence-electron chi connectivity index (χ3n) is 2.72. The molecule has 2 N–H and O–H groups in total. The summed E-state index contributed by atoms with van der Waals surface area (Å²) in [5.41, 5.74) is 8.76. The van der Waals surface area contributed by atoms with Crippen molar-refractivity contribution in [1.82, 2.24) is 0 Å². The number of nitrogens with two attached hydrogens (primary N) is 1. The van der Waals surface area contributed by atoms with E-state index < -0.39 is 11.6 Å². The molecule has 2 rings (SSSR count). The van der Waals surface area contributed by atoms with E-state index in [9.17, 15) is 8.78 Å². The monoisotopic (exact) mass is 233 g/mol. The van der Waals surface area contributed by atoms with Crippen molar-refractivity contribution < 1.29 is 8.78 Å². The van der Waals surface area contributed by atoms with Gasteiger partial charge in [-0.1, -0.05) is 19.1 Å². The van der Waals surface area contributed by atoms with Gasteiger partial charge in [0.25, 0.3) is 0 Å². The van der Waals surface area contributed by atoms with Gasteiger partial charge in [-0.15, -0.1) is 0 Å². The number of nitrogen functional groups attached to an aromatic ring is 1. The molecule has 1 nitrogen and oxygen atoms in total. The van der Waals surface area contributed by atoms with E-state index in [0.717, 1.165) is 23.6 Å². The highest BCUT2D eigenvalue weighted by atomic mass is 19.1. The van der Waals surface area contributed by atoms with E-state index in [1.165, 1.54) is 12.1 Å². The molecule has 0 saturated heterocycles. The first-order valence-electron chi connectivity index (χ1n) is 5.45. The van der Waals surface area contributed by atoms with Crippen LogP contribution in [0.3, 0.4) is 0 Å². The van der Waals surface area contributed by atoms with Crippen molar-refractivity contribution >= 4 is 5.69 Å². The second kappa shape index (κ2) is 4.53. The van der Waals surface area contributed by atoms with Crippen molar-refractivity contribution in [3.05, 3.63) is 53.6 Å². The predicted octanol–water partition coefficient (Wildman–Crippen LogP) is 3.78. The van der Waals surface area contributed by atoms with Gasteiger partial charge in [0.1, 0.15) is 11.6 Å². The van der Waals surface area contributed by atoms with Crippen molar-refractivity contribution in [1.29, 1.82) is 0 Å². The molecule has 88 valence electrons. The third-order valence-corrected chi connectivity index (χ3v) is 2.72. The summed E-state index contributed by atoms with van der Waals surface area (Å²) in [6, 6.07) is 8.89.